The molecule has 33 heavy (non-hydrogen) atoms. The lowest BCUT2D eigenvalue weighted by molar-refractivity contribution is -0.125. The van der Waals surface area contributed by atoms with E-state index >= 15 is 0 Å². The van der Waals surface area contributed by atoms with Gasteiger partial charge in [-0.25, -0.2) is 4.79 Å². The molecule has 8 nitrogen and oxygen atoms in total. The second-order valence-electron chi connectivity index (χ2n) is 7.28. The van der Waals surface area contributed by atoms with Crippen molar-refractivity contribution in [1.29, 1.82) is 0 Å². The van der Waals surface area contributed by atoms with E-state index in [-0.39, 0.29) is 24.9 Å². The predicted octanol–water partition coefficient (Wildman–Crippen LogP) is 4.18. The molecule has 4 rings (SSSR count). The molecule has 0 aliphatic carbocycles. The summed E-state index contributed by atoms with van der Waals surface area (Å²) < 4.78 is 11.2. The van der Waals surface area contributed by atoms with Gasteiger partial charge in [-0.1, -0.05) is 18.2 Å². The third kappa shape index (κ3) is 5.30. The van der Waals surface area contributed by atoms with Gasteiger partial charge in [-0.15, -0.1) is 0 Å². The topological polar surface area (TPSA) is 97.0 Å². The maximum absolute atomic E-state index is 12.9. The molecule has 1 heterocycles. The number of ether oxygens (including phenoxy) is 2. The van der Waals surface area contributed by atoms with Crippen LogP contribution in [0.3, 0.4) is 0 Å². The first-order valence-corrected chi connectivity index (χ1v) is 10.5. The van der Waals surface area contributed by atoms with Gasteiger partial charge in [0.25, 0.3) is 5.91 Å². The van der Waals surface area contributed by atoms with Crippen LogP contribution in [0.1, 0.15) is 22.8 Å². The Morgan fingerprint density at radius 2 is 1.58 bits per heavy atom. The molecule has 0 bridgehead atoms. The first-order chi connectivity index (χ1) is 16.0. The zero-order chi connectivity index (χ0) is 23.2. The molecule has 0 atom stereocenters. The predicted molar refractivity (Wildman–Crippen MR) is 122 cm³/mol. The Labute approximate surface area is 191 Å². The number of carbonyl (C=O) groups is 3. The Hall–Kier alpha value is -4.33. The van der Waals surface area contributed by atoms with E-state index in [2.05, 4.69) is 10.6 Å². The average Bonchev–Trinajstić information content (AvgIpc) is 3.14. The van der Waals surface area contributed by atoms with Gasteiger partial charge in [-0.05, 0) is 67.1 Å². The van der Waals surface area contributed by atoms with Crippen molar-refractivity contribution in [3.8, 4) is 17.2 Å². The van der Waals surface area contributed by atoms with E-state index < -0.39 is 6.03 Å². The van der Waals surface area contributed by atoms with Crippen LogP contribution in [-0.2, 0) is 11.3 Å². The number of anilines is 1. The second-order valence-corrected chi connectivity index (χ2v) is 7.28. The minimum atomic E-state index is -0.460. The average molecular weight is 445 g/mol. The molecule has 8 heteroatoms. The third-order valence-electron chi connectivity index (χ3n) is 5.01. The first-order valence-electron chi connectivity index (χ1n) is 10.5. The fourth-order valence-electron chi connectivity index (χ4n) is 3.38. The minimum Gasteiger partial charge on any atom is -0.494 e. The third-order valence-corrected chi connectivity index (χ3v) is 5.01. The standard InChI is InChI=1S/C25H23N3O5/c1-2-32-19-11-13-21(14-12-19)33-20-9-7-18(8-10-20)27-24(30)22-6-4-3-5-17(22)16-28-23(29)15-26-25(28)31/h3-14H,2,15-16H2,1H3,(H,26,31)(H,27,30). The van der Waals surface area contributed by atoms with E-state index in [4.69, 9.17) is 9.47 Å². The molecule has 0 saturated carbocycles. The largest absolute Gasteiger partial charge is 0.494 e. The highest BCUT2D eigenvalue weighted by Crippen LogP contribution is 2.25. The maximum atomic E-state index is 12.9. The number of urea groups is 1. The lowest BCUT2D eigenvalue weighted by Gasteiger charge is -2.15. The number of nitrogens with zero attached hydrogens (tertiary/aromatic N) is 1. The van der Waals surface area contributed by atoms with Crippen LogP contribution in [-0.4, -0.2) is 35.9 Å². The van der Waals surface area contributed by atoms with Gasteiger partial charge >= 0.3 is 6.03 Å². The first kappa shape index (κ1) is 21.9. The summed E-state index contributed by atoms with van der Waals surface area (Å²) in [5, 5.41) is 5.32. The highest BCUT2D eigenvalue weighted by atomic mass is 16.5. The Morgan fingerprint density at radius 3 is 2.21 bits per heavy atom. The van der Waals surface area contributed by atoms with Gasteiger partial charge in [0.15, 0.2) is 0 Å². The van der Waals surface area contributed by atoms with Gasteiger partial charge in [0.05, 0.1) is 19.7 Å². The van der Waals surface area contributed by atoms with E-state index in [1.165, 1.54) is 0 Å². The molecule has 0 spiro atoms. The Balaban J connectivity index is 1.41. The summed E-state index contributed by atoms with van der Waals surface area (Å²) in [7, 11) is 0. The van der Waals surface area contributed by atoms with Crippen molar-refractivity contribution < 1.29 is 23.9 Å². The summed E-state index contributed by atoms with van der Waals surface area (Å²) in [6.45, 7) is 2.53. The van der Waals surface area contributed by atoms with Crippen molar-refractivity contribution in [1.82, 2.24) is 10.2 Å². The van der Waals surface area contributed by atoms with Crippen LogP contribution in [0.4, 0.5) is 10.5 Å². The zero-order valence-corrected chi connectivity index (χ0v) is 18.0. The quantitative estimate of drug-likeness (QED) is 0.507. The molecule has 1 aliphatic heterocycles. The zero-order valence-electron chi connectivity index (χ0n) is 18.0. The monoisotopic (exact) mass is 445 g/mol. The molecule has 1 aliphatic rings. The smallest absolute Gasteiger partial charge is 0.324 e. The van der Waals surface area contributed by atoms with Crippen LogP contribution in [0.25, 0.3) is 0 Å². The molecule has 3 aromatic rings. The molecule has 0 aromatic heterocycles. The van der Waals surface area contributed by atoms with E-state index in [0.717, 1.165) is 10.6 Å². The van der Waals surface area contributed by atoms with Crippen LogP contribution >= 0.6 is 0 Å². The van der Waals surface area contributed by atoms with Gasteiger partial charge in [-0.3, -0.25) is 14.5 Å². The number of hydrogen-bond donors (Lipinski definition) is 2. The second kappa shape index (κ2) is 9.86. The molecular weight excluding hydrogens is 422 g/mol. The SMILES string of the molecule is CCOc1ccc(Oc2ccc(NC(=O)c3ccccc3CN3C(=O)CNC3=O)cc2)cc1. The Kier molecular flexibility index (Phi) is 6.54. The molecule has 168 valence electrons. The van der Waals surface area contributed by atoms with Gasteiger partial charge in [0, 0.05) is 11.3 Å². The molecule has 4 amide bonds. The lowest BCUT2D eigenvalue weighted by Crippen LogP contribution is -2.31. The van der Waals surface area contributed by atoms with E-state index in [9.17, 15) is 14.4 Å². The Morgan fingerprint density at radius 1 is 0.939 bits per heavy atom. The number of nitrogens with one attached hydrogen (secondary N) is 2. The number of imide groups is 1. The fraction of sp³-hybridized carbons (Fsp3) is 0.160. The molecular formula is C25H23N3O5. The molecule has 1 fully saturated rings. The summed E-state index contributed by atoms with van der Waals surface area (Å²) >= 11 is 0. The van der Waals surface area contributed by atoms with Crippen molar-refractivity contribution in [3.63, 3.8) is 0 Å². The van der Waals surface area contributed by atoms with E-state index in [1.807, 2.05) is 31.2 Å². The van der Waals surface area contributed by atoms with Gasteiger partial charge in [-0.2, -0.15) is 0 Å². The molecule has 0 radical (unpaired) electrons. The summed E-state index contributed by atoms with van der Waals surface area (Å²) in [6, 6.07) is 20.7. The summed E-state index contributed by atoms with van der Waals surface area (Å²) in [6.07, 6.45) is 0. The summed E-state index contributed by atoms with van der Waals surface area (Å²) in [5.74, 6) is 1.41. The fourth-order valence-corrected chi connectivity index (χ4v) is 3.38. The summed E-state index contributed by atoms with van der Waals surface area (Å²) in [4.78, 5) is 37.7. The molecule has 1 saturated heterocycles. The van der Waals surface area contributed by atoms with Crippen LogP contribution in [0.5, 0.6) is 17.2 Å². The summed E-state index contributed by atoms with van der Waals surface area (Å²) in [5.41, 5.74) is 1.56. The number of amides is 4. The van der Waals surface area contributed by atoms with Crippen LogP contribution < -0.4 is 20.1 Å². The number of hydrogen-bond acceptors (Lipinski definition) is 5. The van der Waals surface area contributed by atoms with Crippen molar-refractivity contribution in [2.24, 2.45) is 0 Å². The van der Waals surface area contributed by atoms with Crippen molar-refractivity contribution >= 4 is 23.5 Å². The van der Waals surface area contributed by atoms with Gasteiger partial charge in [0.1, 0.15) is 17.2 Å². The Bertz CT molecular complexity index is 1140. The van der Waals surface area contributed by atoms with Crippen LogP contribution in [0.15, 0.2) is 72.8 Å². The van der Waals surface area contributed by atoms with Crippen LogP contribution in [0.2, 0.25) is 0 Å². The normalized spacial score (nSPS) is 12.9. The molecule has 0 unspecified atom stereocenters. The van der Waals surface area contributed by atoms with Crippen molar-refractivity contribution in [2.45, 2.75) is 13.5 Å². The van der Waals surface area contributed by atoms with Crippen LogP contribution in [0, 0.1) is 0 Å². The maximum Gasteiger partial charge on any atom is 0.324 e. The molecule has 2 N–H and O–H groups in total. The number of benzene rings is 3. The van der Waals surface area contributed by atoms with E-state index in [0.29, 0.717) is 34.9 Å². The lowest BCUT2D eigenvalue weighted by atomic mass is 10.1. The highest BCUT2D eigenvalue weighted by molar-refractivity contribution is 6.06. The van der Waals surface area contributed by atoms with Crippen molar-refractivity contribution in [2.75, 3.05) is 18.5 Å². The van der Waals surface area contributed by atoms with Gasteiger partial charge in [0.2, 0.25) is 5.91 Å². The minimum absolute atomic E-state index is 0.0295. The van der Waals surface area contributed by atoms with E-state index in [1.54, 1.807) is 48.5 Å². The van der Waals surface area contributed by atoms with Crippen molar-refractivity contribution in [3.05, 3.63) is 83.9 Å². The number of rotatable bonds is 8. The highest BCUT2D eigenvalue weighted by Gasteiger charge is 2.29. The molecule has 3 aromatic carbocycles. The number of carbonyl (C=O) groups excluding carboxylic acids is 3. The van der Waals surface area contributed by atoms with Gasteiger partial charge < -0.3 is 20.1 Å².